The van der Waals surface area contributed by atoms with Gasteiger partial charge in [0.2, 0.25) is 5.82 Å². The van der Waals surface area contributed by atoms with E-state index in [4.69, 9.17) is 9.26 Å². The van der Waals surface area contributed by atoms with Gasteiger partial charge in [0.25, 0.3) is 0 Å². The van der Waals surface area contributed by atoms with E-state index < -0.39 is 25.8 Å². The molecule has 1 aliphatic rings. The Balaban J connectivity index is 1.45. The molecule has 4 rings (SSSR count). The monoisotopic (exact) mass is 478 g/mol. The summed E-state index contributed by atoms with van der Waals surface area (Å²) in [6, 6.07) is 7.63. The zero-order valence-corrected chi connectivity index (χ0v) is 18.6. The summed E-state index contributed by atoms with van der Waals surface area (Å²) < 4.78 is 41.0. The minimum atomic E-state index is -4.22. The lowest BCUT2D eigenvalue weighted by Gasteiger charge is -2.15. The van der Waals surface area contributed by atoms with E-state index in [1.807, 2.05) is 0 Å². The van der Waals surface area contributed by atoms with Gasteiger partial charge in [-0.3, -0.25) is 18.9 Å². The number of phosphoric ester groups is 1. The molecule has 0 radical (unpaired) electrons. The van der Waals surface area contributed by atoms with E-state index in [2.05, 4.69) is 24.9 Å². The normalized spacial score (nSPS) is 17.8. The van der Waals surface area contributed by atoms with Crippen LogP contribution in [0.3, 0.4) is 0 Å². The highest BCUT2D eigenvalue weighted by molar-refractivity contribution is 7.47. The minimum absolute atomic E-state index is 0.00846. The average Bonchev–Trinajstić information content (AvgIpc) is 3.38. The first kappa shape index (κ1) is 22.9. The predicted molar refractivity (Wildman–Crippen MR) is 112 cm³/mol. The van der Waals surface area contributed by atoms with Crippen LogP contribution in [-0.4, -0.2) is 62.0 Å². The standard InChI is InChI=1S/C19H20FN6O6P/c1-3-30-33(28,29)31-11-14-10-26(19(27)32-14)13-5-6-15(16(20)8-13)12-4-7-17(21-9-12)18-22-24-25(2)23-18/h4-9,14H,3,10-11H2,1-2H3,(H,28,29)/t14-/m1/s1. The zero-order valence-electron chi connectivity index (χ0n) is 17.7. The fraction of sp³-hybridized carbons (Fsp3) is 0.316. The summed E-state index contributed by atoms with van der Waals surface area (Å²) in [5, 5.41) is 11.7. The molecule has 0 saturated carbocycles. The molecule has 174 valence electrons. The number of benzene rings is 1. The third kappa shape index (κ3) is 5.22. The van der Waals surface area contributed by atoms with Gasteiger partial charge in [-0.1, -0.05) is 6.07 Å². The molecule has 1 N–H and O–H groups in total. The molecule has 2 aromatic heterocycles. The van der Waals surface area contributed by atoms with Crippen LogP contribution in [0.15, 0.2) is 36.5 Å². The molecule has 0 spiro atoms. The fourth-order valence-corrected chi connectivity index (χ4v) is 3.93. The molecule has 1 amide bonds. The summed E-state index contributed by atoms with van der Waals surface area (Å²) in [5.74, 6) is -0.215. The molecular weight excluding hydrogens is 458 g/mol. The topological polar surface area (TPSA) is 142 Å². The molecule has 1 saturated heterocycles. The highest BCUT2D eigenvalue weighted by atomic mass is 31.2. The first-order chi connectivity index (χ1) is 15.8. The van der Waals surface area contributed by atoms with Crippen molar-refractivity contribution in [3.8, 4) is 22.6 Å². The highest BCUT2D eigenvalue weighted by Crippen LogP contribution is 2.43. The molecule has 0 aliphatic carbocycles. The van der Waals surface area contributed by atoms with Gasteiger partial charge >= 0.3 is 13.9 Å². The van der Waals surface area contributed by atoms with Crippen molar-refractivity contribution in [1.29, 1.82) is 0 Å². The van der Waals surface area contributed by atoms with Gasteiger partial charge < -0.3 is 9.63 Å². The predicted octanol–water partition coefficient (Wildman–Crippen LogP) is 2.56. The minimum Gasteiger partial charge on any atom is -0.441 e. The Morgan fingerprint density at radius 3 is 2.76 bits per heavy atom. The largest absolute Gasteiger partial charge is 0.472 e. The van der Waals surface area contributed by atoms with E-state index in [1.165, 1.54) is 28.0 Å². The van der Waals surface area contributed by atoms with Crippen molar-refractivity contribution in [2.45, 2.75) is 13.0 Å². The number of anilines is 1. The molecule has 1 aliphatic heterocycles. The number of amides is 1. The molecule has 3 aromatic rings. The van der Waals surface area contributed by atoms with Crippen LogP contribution in [-0.2, 0) is 25.4 Å². The third-order valence-corrected chi connectivity index (χ3v) is 5.73. The number of nitrogens with zero attached hydrogens (tertiary/aromatic N) is 6. The summed E-state index contributed by atoms with van der Waals surface area (Å²) in [6.45, 7) is 1.22. The summed E-state index contributed by atoms with van der Waals surface area (Å²) in [4.78, 5) is 28.5. The van der Waals surface area contributed by atoms with Gasteiger partial charge in [-0.05, 0) is 36.4 Å². The van der Waals surface area contributed by atoms with Crippen LogP contribution in [0.2, 0.25) is 0 Å². The molecule has 1 fully saturated rings. The molecule has 12 nitrogen and oxygen atoms in total. The van der Waals surface area contributed by atoms with Crippen molar-refractivity contribution >= 4 is 19.6 Å². The lowest BCUT2D eigenvalue weighted by molar-refractivity contribution is 0.0791. The first-order valence-corrected chi connectivity index (χ1v) is 11.4. The van der Waals surface area contributed by atoms with Crippen LogP contribution in [0.4, 0.5) is 14.9 Å². The summed E-state index contributed by atoms with van der Waals surface area (Å²) in [6.07, 6.45) is -0.0395. The van der Waals surface area contributed by atoms with Crippen molar-refractivity contribution in [2.75, 3.05) is 24.7 Å². The number of carbonyl (C=O) groups is 1. The third-order valence-electron chi connectivity index (χ3n) is 4.67. The van der Waals surface area contributed by atoms with Gasteiger partial charge in [0.1, 0.15) is 17.6 Å². The number of hydrogen-bond donors (Lipinski definition) is 1. The summed E-state index contributed by atoms with van der Waals surface area (Å²) in [7, 11) is -2.58. The average molecular weight is 478 g/mol. The summed E-state index contributed by atoms with van der Waals surface area (Å²) in [5.41, 5.74) is 1.58. The second-order valence-corrected chi connectivity index (χ2v) is 8.45. The number of tetrazole rings is 1. The zero-order chi connectivity index (χ0) is 23.6. The van der Waals surface area contributed by atoms with Crippen LogP contribution in [0.25, 0.3) is 22.6 Å². The lowest BCUT2D eigenvalue weighted by atomic mass is 10.1. The quantitative estimate of drug-likeness (QED) is 0.480. The highest BCUT2D eigenvalue weighted by Gasteiger charge is 2.35. The van der Waals surface area contributed by atoms with Gasteiger partial charge in [-0.15, -0.1) is 10.2 Å². The number of hydrogen-bond acceptors (Lipinski definition) is 9. The van der Waals surface area contributed by atoms with Gasteiger partial charge in [-0.25, -0.2) is 13.8 Å². The molecule has 1 unspecified atom stereocenters. The number of aryl methyl sites for hydroxylation is 1. The Labute approximate surface area is 187 Å². The van der Waals surface area contributed by atoms with Crippen LogP contribution in [0, 0.1) is 5.82 Å². The van der Waals surface area contributed by atoms with Crippen molar-refractivity contribution in [2.24, 2.45) is 7.05 Å². The van der Waals surface area contributed by atoms with Crippen LogP contribution >= 0.6 is 7.82 Å². The van der Waals surface area contributed by atoms with E-state index in [1.54, 1.807) is 32.2 Å². The second-order valence-electron chi connectivity index (χ2n) is 7.00. The number of rotatable bonds is 8. The maximum absolute atomic E-state index is 14.9. The fourth-order valence-electron chi connectivity index (χ4n) is 3.18. The maximum atomic E-state index is 14.9. The number of phosphoric acid groups is 1. The van der Waals surface area contributed by atoms with Gasteiger partial charge in [0, 0.05) is 17.3 Å². The van der Waals surface area contributed by atoms with Crippen molar-refractivity contribution in [1.82, 2.24) is 25.2 Å². The van der Waals surface area contributed by atoms with Crippen LogP contribution < -0.4 is 4.90 Å². The molecule has 14 heteroatoms. The van der Waals surface area contributed by atoms with E-state index in [9.17, 15) is 18.6 Å². The molecule has 2 atom stereocenters. The van der Waals surface area contributed by atoms with Crippen molar-refractivity contribution in [3.63, 3.8) is 0 Å². The number of ether oxygens (including phenoxy) is 1. The van der Waals surface area contributed by atoms with E-state index in [-0.39, 0.29) is 31.0 Å². The SMILES string of the molecule is CCOP(=O)(O)OC[C@H]1CN(c2ccc(-c3ccc(-c4nnn(C)n4)nc3)c(F)c2)C(=O)O1. The molecule has 33 heavy (non-hydrogen) atoms. The Hall–Kier alpha value is -3.25. The second kappa shape index (κ2) is 9.32. The van der Waals surface area contributed by atoms with Gasteiger partial charge in [0.05, 0.1) is 32.5 Å². The number of halogens is 1. The van der Waals surface area contributed by atoms with Crippen molar-refractivity contribution < 1.29 is 32.4 Å². The maximum Gasteiger partial charge on any atom is 0.472 e. The summed E-state index contributed by atoms with van der Waals surface area (Å²) >= 11 is 0. The lowest BCUT2D eigenvalue weighted by Crippen LogP contribution is -2.25. The van der Waals surface area contributed by atoms with Gasteiger partial charge in [0.15, 0.2) is 0 Å². The van der Waals surface area contributed by atoms with Crippen LogP contribution in [0.1, 0.15) is 6.92 Å². The number of aromatic nitrogens is 5. The van der Waals surface area contributed by atoms with Crippen LogP contribution in [0.5, 0.6) is 0 Å². The number of pyridine rings is 1. The number of carbonyl (C=O) groups excluding carboxylic acids is 1. The van der Waals surface area contributed by atoms with Gasteiger partial charge in [-0.2, -0.15) is 4.80 Å². The van der Waals surface area contributed by atoms with E-state index >= 15 is 0 Å². The van der Waals surface area contributed by atoms with E-state index in [0.717, 1.165) is 0 Å². The molecule has 1 aromatic carbocycles. The van der Waals surface area contributed by atoms with Crippen molar-refractivity contribution in [3.05, 3.63) is 42.3 Å². The molecular formula is C19H20FN6O6P. The smallest absolute Gasteiger partial charge is 0.441 e. The Kier molecular flexibility index (Phi) is 6.47. The Morgan fingerprint density at radius 1 is 1.30 bits per heavy atom. The number of cyclic esters (lactones) is 1. The van der Waals surface area contributed by atoms with E-state index in [0.29, 0.717) is 17.1 Å². The first-order valence-electron chi connectivity index (χ1n) is 9.86. The molecule has 3 heterocycles. The Bertz CT molecular complexity index is 1210. The Morgan fingerprint density at radius 2 is 2.12 bits per heavy atom. The molecule has 0 bridgehead atoms.